The second-order valence-electron chi connectivity index (χ2n) is 3.63. The van der Waals surface area contributed by atoms with Crippen LogP contribution in [0, 0.1) is 11.3 Å². The summed E-state index contributed by atoms with van der Waals surface area (Å²) >= 11 is 0. The molecular formula is C12H9F3N2O3. The Morgan fingerprint density at radius 1 is 1.40 bits per heavy atom. The Bertz CT molecular complexity index is 576. The number of carbonyl (C=O) groups is 2. The van der Waals surface area contributed by atoms with Gasteiger partial charge in [0, 0.05) is 5.69 Å². The van der Waals surface area contributed by atoms with Crippen LogP contribution in [-0.4, -0.2) is 19.0 Å². The first kappa shape index (κ1) is 15.5. The van der Waals surface area contributed by atoms with Gasteiger partial charge in [-0.3, -0.25) is 4.79 Å². The third-order valence-corrected chi connectivity index (χ3v) is 2.25. The van der Waals surface area contributed by atoms with Crippen LogP contribution in [-0.2, 0) is 15.7 Å². The molecule has 1 N–H and O–H groups in total. The van der Waals surface area contributed by atoms with Crippen molar-refractivity contribution in [1.82, 2.24) is 0 Å². The standard InChI is InChI=1S/C12H9F3N2O3/c1-20-11(19)8-3-2-7(17-10(18)4-5-16)6-9(8)12(13,14)15/h2-3,6H,4H2,1H3,(H,17,18). The van der Waals surface area contributed by atoms with Crippen molar-refractivity contribution in [1.29, 1.82) is 5.26 Å². The van der Waals surface area contributed by atoms with E-state index in [0.717, 1.165) is 19.2 Å². The SMILES string of the molecule is COC(=O)c1ccc(NC(=O)CC#N)cc1C(F)(F)F. The molecule has 0 aliphatic heterocycles. The molecule has 0 saturated heterocycles. The highest BCUT2D eigenvalue weighted by Gasteiger charge is 2.36. The third-order valence-electron chi connectivity index (χ3n) is 2.25. The van der Waals surface area contributed by atoms with Gasteiger partial charge in [-0.25, -0.2) is 4.79 Å². The molecule has 0 atom stereocenters. The molecule has 0 unspecified atom stereocenters. The molecule has 1 rings (SSSR count). The molecule has 0 aromatic heterocycles. The Morgan fingerprint density at radius 2 is 2.05 bits per heavy atom. The molecule has 106 valence electrons. The summed E-state index contributed by atoms with van der Waals surface area (Å²) in [5, 5.41) is 10.4. The van der Waals surface area contributed by atoms with Crippen molar-refractivity contribution in [2.45, 2.75) is 12.6 Å². The molecule has 0 radical (unpaired) electrons. The first-order valence-corrected chi connectivity index (χ1v) is 5.26. The van der Waals surface area contributed by atoms with Crippen molar-refractivity contribution >= 4 is 17.6 Å². The minimum Gasteiger partial charge on any atom is -0.465 e. The van der Waals surface area contributed by atoms with Crippen molar-refractivity contribution in [3.05, 3.63) is 29.3 Å². The molecular weight excluding hydrogens is 277 g/mol. The predicted octanol–water partition coefficient (Wildman–Crippen LogP) is 2.34. The predicted molar refractivity (Wildman–Crippen MR) is 61.6 cm³/mol. The third kappa shape index (κ3) is 3.71. The lowest BCUT2D eigenvalue weighted by atomic mass is 10.1. The van der Waals surface area contributed by atoms with Crippen molar-refractivity contribution in [2.24, 2.45) is 0 Å². The van der Waals surface area contributed by atoms with Gasteiger partial charge in [-0.1, -0.05) is 0 Å². The summed E-state index contributed by atoms with van der Waals surface area (Å²) in [6.07, 6.45) is -5.26. The van der Waals surface area contributed by atoms with Gasteiger partial charge in [-0.05, 0) is 18.2 Å². The highest BCUT2D eigenvalue weighted by atomic mass is 19.4. The summed E-state index contributed by atoms with van der Waals surface area (Å²) in [6.45, 7) is 0. The Morgan fingerprint density at radius 3 is 2.55 bits per heavy atom. The van der Waals surface area contributed by atoms with E-state index in [1.807, 2.05) is 0 Å². The molecule has 0 bridgehead atoms. The van der Waals surface area contributed by atoms with Crippen molar-refractivity contribution < 1.29 is 27.5 Å². The summed E-state index contributed by atoms with van der Waals surface area (Å²) in [4.78, 5) is 22.4. The topological polar surface area (TPSA) is 79.2 Å². The first-order valence-electron chi connectivity index (χ1n) is 5.26. The zero-order valence-corrected chi connectivity index (χ0v) is 10.2. The van der Waals surface area contributed by atoms with Crippen LogP contribution in [0.3, 0.4) is 0 Å². The number of esters is 1. The molecule has 5 nitrogen and oxygen atoms in total. The molecule has 20 heavy (non-hydrogen) atoms. The van der Waals surface area contributed by atoms with Crippen molar-refractivity contribution in [3.8, 4) is 6.07 Å². The van der Waals surface area contributed by atoms with Gasteiger partial charge in [0.05, 0.1) is 24.3 Å². The van der Waals surface area contributed by atoms with Gasteiger partial charge in [0.25, 0.3) is 0 Å². The van der Waals surface area contributed by atoms with Crippen molar-refractivity contribution in [3.63, 3.8) is 0 Å². The van der Waals surface area contributed by atoms with Crippen LogP contribution in [0.25, 0.3) is 0 Å². The molecule has 0 heterocycles. The highest BCUT2D eigenvalue weighted by molar-refractivity contribution is 5.95. The average Bonchev–Trinajstić information content (AvgIpc) is 2.37. The summed E-state index contributed by atoms with van der Waals surface area (Å²) in [6, 6.07) is 4.20. The largest absolute Gasteiger partial charge is 0.465 e. The number of nitrogens with one attached hydrogen (secondary N) is 1. The lowest BCUT2D eigenvalue weighted by Gasteiger charge is -2.13. The van der Waals surface area contributed by atoms with E-state index in [-0.39, 0.29) is 5.69 Å². The number of hydrogen-bond acceptors (Lipinski definition) is 4. The smallest absolute Gasteiger partial charge is 0.417 e. The van der Waals surface area contributed by atoms with Gasteiger partial charge >= 0.3 is 12.1 Å². The van der Waals surface area contributed by atoms with E-state index < -0.39 is 35.6 Å². The quantitative estimate of drug-likeness (QED) is 0.865. The van der Waals surface area contributed by atoms with E-state index in [4.69, 9.17) is 5.26 Å². The number of alkyl halides is 3. The van der Waals surface area contributed by atoms with Crippen LogP contribution in [0.4, 0.5) is 18.9 Å². The fourth-order valence-electron chi connectivity index (χ4n) is 1.42. The van der Waals surface area contributed by atoms with Gasteiger partial charge in [0.15, 0.2) is 0 Å². The molecule has 0 aliphatic rings. The van der Waals surface area contributed by atoms with Gasteiger partial charge in [0.2, 0.25) is 5.91 Å². The van der Waals surface area contributed by atoms with E-state index >= 15 is 0 Å². The Hall–Kier alpha value is -2.56. The number of hydrogen-bond donors (Lipinski definition) is 1. The summed E-state index contributed by atoms with van der Waals surface area (Å²) in [5.41, 5.74) is -2.04. The monoisotopic (exact) mass is 286 g/mol. The van der Waals surface area contributed by atoms with Gasteiger partial charge in [-0.15, -0.1) is 0 Å². The van der Waals surface area contributed by atoms with E-state index in [9.17, 15) is 22.8 Å². The van der Waals surface area contributed by atoms with E-state index in [1.165, 1.54) is 0 Å². The van der Waals surface area contributed by atoms with Crippen LogP contribution >= 0.6 is 0 Å². The highest BCUT2D eigenvalue weighted by Crippen LogP contribution is 2.34. The molecule has 1 aromatic carbocycles. The second-order valence-corrected chi connectivity index (χ2v) is 3.63. The molecule has 1 amide bonds. The number of nitriles is 1. The van der Waals surface area contributed by atoms with E-state index in [2.05, 4.69) is 10.1 Å². The fraction of sp³-hybridized carbons (Fsp3) is 0.250. The lowest BCUT2D eigenvalue weighted by Crippen LogP contribution is -2.16. The lowest BCUT2D eigenvalue weighted by molar-refractivity contribution is -0.138. The Kier molecular flexibility index (Phi) is 4.69. The molecule has 0 aliphatic carbocycles. The number of carbonyl (C=O) groups excluding carboxylic acids is 2. The number of amides is 1. The van der Waals surface area contributed by atoms with Crippen LogP contribution in [0.1, 0.15) is 22.3 Å². The number of anilines is 1. The summed E-state index contributed by atoms with van der Waals surface area (Å²) in [7, 11) is 0.963. The zero-order valence-electron chi connectivity index (χ0n) is 10.2. The van der Waals surface area contributed by atoms with Crippen LogP contribution < -0.4 is 5.32 Å². The number of rotatable bonds is 3. The van der Waals surface area contributed by atoms with Gasteiger partial charge in [0.1, 0.15) is 6.42 Å². The maximum absolute atomic E-state index is 12.8. The molecule has 8 heteroatoms. The molecule has 0 saturated carbocycles. The fourth-order valence-corrected chi connectivity index (χ4v) is 1.42. The van der Waals surface area contributed by atoms with Gasteiger partial charge < -0.3 is 10.1 Å². The van der Waals surface area contributed by atoms with Gasteiger partial charge in [-0.2, -0.15) is 18.4 Å². The Labute approximate surface area is 111 Å². The molecule has 1 aromatic rings. The second kappa shape index (κ2) is 6.06. The average molecular weight is 286 g/mol. The van der Waals surface area contributed by atoms with Crippen molar-refractivity contribution in [2.75, 3.05) is 12.4 Å². The summed E-state index contributed by atoms with van der Waals surface area (Å²) in [5.74, 6) is -1.88. The van der Waals surface area contributed by atoms with Crippen LogP contribution in [0.5, 0.6) is 0 Å². The minimum atomic E-state index is -4.78. The van der Waals surface area contributed by atoms with Crippen LogP contribution in [0.15, 0.2) is 18.2 Å². The normalized spacial score (nSPS) is 10.6. The van der Waals surface area contributed by atoms with Crippen LogP contribution in [0.2, 0.25) is 0 Å². The number of ether oxygens (including phenoxy) is 1. The Balaban J connectivity index is 3.19. The minimum absolute atomic E-state index is 0.162. The zero-order chi connectivity index (χ0) is 15.3. The maximum atomic E-state index is 12.8. The number of methoxy groups -OCH3 is 1. The number of halogens is 3. The van der Waals surface area contributed by atoms with E-state index in [1.54, 1.807) is 6.07 Å². The number of benzene rings is 1. The summed E-state index contributed by atoms with van der Waals surface area (Å²) < 4.78 is 42.8. The molecule has 0 fully saturated rings. The maximum Gasteiger partial charge on any atom is 0.417 e. The number of nitrogens with zero attached hydrogens (tertiary/aromatic N) is 1. The van der Waals surface area contributed by atoms with E-state index in [0.29, 0.717) is 6.07 Å². The first-order chi connectivity index (χ1) is 9.29. The molecule has 0 spiro atoms.